The van der Waals surface area contributed by atoms with Gasteiger partial charge in [-0.25, -0.2) is 8.78 Å². The molecule has 232 valence electrons. The van der Waals surface area contributed by atoms with Crippen molar-refractivity contribution in [1.29, 1.82) is 0 Å². The van der Waals surface area contributed by atoms with E-state index in [2.05, 4.69) is 0 Å². The van der Waals surface area contributed by atoms with Gasteiger partial charge in [0.05, 0.1) is 29.3 Å². The molecule has 0 aromatic heterocycles. The van der Waals surface area contributed by atoms with Gasteiger partial charge < -0.3 is 19.5 Å². The number of carbonyl (C=O) groups is 1. The van der Waals surface area contributed by atoms with E-state index in [0.717, 1.165) is 12.1 Å². The van der Waals surface area contributed by atoms with E-state index in [4.69, 9.17) is 9.47 Å². The van der Waals surface area contributed by atoms with Gasteiger partial charge in [0.25, 0.3) is 0 Å². The zero-order valence-corrected chi connectivity index (χ0v) is 22.9. The van der Waals surface area contributed by atoms with E-state index in [1.54, 1.807) is 6.92 Å². The first-order valence-corrected chi connectivity index (χ1v) is 13.4. The predicted octanol–water partition coefficient (Wildman–Crippen LogP) is 7.41. The first-order valence-electron chi connectivity index (χ1n) is 13.4. The predicted molar refractivity (Wildman–Crippen MR) is 134 cm³/mol. The normalized spacial score (nSPS) is 26.7. The van der Waals surface area contributed by atoms with Crippen LogP contribution < -0.4 is 0 Å². The second-order valence-corrected chi connectivity index (χ2v) is 11.3. The highest BCUT2D eigenvalue weighted by Gasteiger charge is 2.43. The third kappa shape index (κ3) is 7.23. The van der Waals surface area contributed by atoms with E-state index in [0.29, 0.717) is 44.5 Å². The van der Waals surface area contributed by atoms with Crippen molar-refractivity contribution in [3.05, 3.63) is 70.3 Å². The minimum Gasteiger partial charge on any atom is -0.481 e. The standard InChI is InChI=1S/C29H31F8NO4/c1-16(19-10-20(28(32,33)34)13-21(11-19)29(35,36)37)42-25-24(17-4-5-22(30)23(31)12-17)18(6-9-41-25)14-38-8-3-7-27(2,15-38)26(39)40/h4-5,10-13,16,18,24-25H,3,6-9,14-15H2,1-2H3,(H,39,40)/t16-,18+,24+,25-,27-/m1/s1. The molecule has 2 saturated heterocycles. The smallest absolute Gasteiger partial charge is 0.416 e. The largest absolute Gasteiger partial charge is 0.481 e. The fourth-order valence-corrected chi connectivity index (χ4v) is 5.82. The van der Waals surface area contributed by atoms with Crippen LogP contribution in [-0.2, 0) is 26.6 Å². The summed E-state index contributed by atoms with van der Waals surface area (Å²) in [4.78, 5) is 13.8. The Kier molecular flexibility index (Phi) is 9.25. The Bertz CT molecular complexity index is 1250. The Morgan fingerprint density at radius 1 is 1.07 bits per heavy atom. The fourth-order valence-electron chi connectivity index (χ4n) is 5.82. The Morgan fingerprint density at radius 2 is 1.71 bits per heavy atom. The van der Waals surface area contributed by atoms with Gasteiger partial charge in [-0.05, 0) is 87.0 Å². The zero-order chi connectivity index (χ0) is 31.0. The van der Waals surface area contributed by atoms with Crippen molar-refractivity contribution in [3.8, 4) is 0 Å². The molecule has 42 heavy (non-hydrogen) atoms. The van der Waals surface area contributed by atoms with Crippen molar-refractivity contribution in [2.45, 2.75) is 63.8 Å². The third-order valence-electron chi connectivity index (χ3n) is 8.10. The number of hydrogen-bond acceptors (Lipinski definition) is 4. The molecule has 2 fully saturated rings. The minimum absolute atomic E-state index is 0.0248. The average Bonchev–Trinajstić information content (AvgIpc) is 2.89. The molecule has 0 unspecified atom stereocenters. The molecule has 0 amide bonds. The number of benzene rings is 2. The molecule has 2 aromatic carbocycles. The van der Waals surface area contributed by atoms with E-state index in [1.807, 2.05) is 4.90 Å². The summed E-state index contributed by atoms with van der Waals surface area (Å²) >= 11 is 0. The molecule has 2 heterocycles. The molecule has 13 heteroatoms. The van der Waals surface area contributed by atoms with E-state index in [-0.39, 0.29) is 36.3 Å². The van der Waals surface area contributed by atoms with Crippen LogP contribution >= 0.6 is 0 Å². The summed E-state index contributed by atoms with van der Waals surface area (Å²) in [6.45, 7) is 4.23. The molecule has 2 aliphatic rings. The molecule has 5 nitrogen and oxygen atoms in total. The van der Waals surface area contributed by atoms with Gasteiger partial charge in [-0.2, -0.15) is 26.3 Å². The van der Waals surface area contributed by atoms with Crippen LogP contribution in [-0.4, -0.2) is 48.5 Å². The highest BCUT2D eigenvalue weighted by atomic mass is 19.4. The molecule has 0 radical (unpaired) electrons. The second-order valence-electron chi connectivity index (χ2n) is 11.3. The quantitative estimate of drug-likeness (QED) is 0.332. The number of piperidine rings is 1. The van der Waals surface area contributed by atoms with Crippen LogP contribution in [0.25, 0.3) is 0 Å². The Labute approximate surface area is 237 Å². The number of likely N-dealkylation sites (tertiary alicyclic amines) is 1. The van der Waals surface area contributed by atoms with E-state index >= 15 is 0 Å². The highest BCUT2D eigenvalue weighted by molar-refractivity contribution is 5.74. The van der Waals surface area contributed by atoms with Crippen LogP contribution in [0.5, 0.6) is 0 Å². The summed E-state index contributed by atoms with van der Waals surface area (Å²) in [5, 5.41) is 9.71. The summed E-state index contributed by atoms with van der Waals surface area (Å²) in [5.41, 5.74) is -4.08. The summed E-state index contributed by atoms with van der Waals surface area (Å²) in [6.07, 6.45) is -11.1. The van der Waals surface area contributed by atoms with Crippen LogP contribution in [0.4, 0.5) is 35.1 Å². The molecule has 2 aromatic rings. The van der Waals surface area contributed by atoms with Crippen molar-refractivity contribution in [1.82, 2.24) is 4.90 Å². The Balaban J connectivity index is 1.66. The average molecular weight is 610 g/mol. The van der Waals surface area contributed by atoms with Gasteiger partial charge in [0.1, 0.15) is 0 Å². The maximum absolute atomic E-state index is 14.3. The number of alkyl halides is 6. The Hall–Kier alpha value is -2.77. The molecule has 0 bridgehead atoms. The van der Waals surface area contributed by atoms with Crippen molar-refractivity contribution in [2.24, 2.45) is 11.3 Å². The lowest BCUT2D eigenvalue weighted by Gasteiger charge is -2.44. The van der Waals surface area contributed by atoms with E-state index in [9.17, 15) is 45.0 Å². The fraction of sp³-hybridized carbons (Fsp3) is 0.552. The highest BCUT2D eigenvalue weighted by Crippen LogP contribution is 2.42. The third-order valence-corrected chi connectivity index (χ3v) is 8.10. The molecule has 2 aliphatic heterocycles. The number of carboxylic acid groups (broad SMARTS) is 1. The van der Waals surface area contributed by atoms with Gasteiger partial charge in [-0.15, -0.1) is 0 Å². The van der Waals surface area contributed by atoms with E-state index < -0.39 is 64.8 Å². The van der Waals surface area contributed by atoms with Gasteiger partial charge in [0, 0.05) is 19.0 Å². The van der Waals surface area contributed by atoms with Gasteiger partial charge >= 0.3 is 18.3 Å². The summed E-state index contributed by atoms with van der Waals surface area (Å²) < 4.78 is 121. The van der Waals surface area contributed by atoms with E-state index in [1.165, 1.54) is 13.0 Å². The minimum atomic E-state index is -5.05. The first-order chi connectivity index (χ1) is 19.5. The van der Waals surface area contributed by atoms with Crippen LogP contribution in [0.2, 0.25) is 0 Å². The molecule has 5 atom stereocenters. The molecule has 0 spiro atoms. The van der Waals surface area contributed by atoms with Gasteiger partial charge in [0.15, 0.2) is 17.9 Å². The number of rotatable bonds is 7. The monoisotopic (exact) mass is 609 g/mol. The molecule has 4 rings (SSSR count). The number of aliphatic carboxylic acids is 1. The lowest BCUT2D eigenvalue weighted by molar-refractivity contribution is -0.211. The SMILES string of the molecule is C[C@@H](O[C@H]1OCC[C@@H](CN2CCC[C@@](C)(C(=O)O)C2)[C@@H]1c1ccc(F)c(F)c1)c1cc(C(F)(F)F)cc(C(F)(F)F)c1. The zero-order valence-electron chi connectivity index (χ0n) is 22.9. The van der Waals surface area contributed by atoms with Crippen molar-refractivity contribution in [2.75, 3.05) is 26.2 Å². The topological polar surface area (TPSA) is 59.0 Å². The van der Waals surface area contributed by atoms with Crippen LogP contribution in [0, 0.1) is 23.0 Å². The summed E-state index contributed by atoms with van der Waals surface area (Å²) in [6, 6.07) is 4.39. The lowest BCUT2D eigenvalue weighted by atomic mass is 9.78. The maximum atomic E-state index is 14.3. The van der Waals surface area contributed by atoms with Gasteiger partial charge in [0.2, 0.25) is 0 Å². The molecular formula is C29H31F8NO4. The maximum Gasteiger partial charge on any atom is 0.416 e. The summed E-state index contributed by atoms with van der Waals surface area (Å²) in [7, 11) is 0. The first kappa shape index (κ1) is 32.2. The molecule has 0 saturated carbocycles. The number of halogens is 8. The number of hydrogen-bond donors (Lipinski definition) is 1. The van der Waals surface area contributed by atoms with Crippen molar-refractivity contribution < 1.29 is 54.5 Å². The van der Waals surface area contributed by atoms with Crippen LogP contribution in [0.1, 0.15) is 67.4 Å². The lowest BCUT2D eigenvalue weighted by Crippen LogP contribution is -2.49. The van der Waals surface area contributed by atoms with Crippen molar-refractivity contribution >= 4 is 5.97 Å². The molecular weight excluding hydrogens is 578 g/mol. The Morgan fingerprint density at radius 3 is 2.29 bits per heavy atom. The second kappa shape index (κ2) is 12.1. The summed E-state index contributed by atoms with van der Waals surface area (Å²) in [5.74, 6) is -4.32. The molecule has 0 aliphatic carbocycles. The number of nitrogens with zero attached hydrogens (tertiary/aromatic N) is 1. The van der Waals surface area contributed by atoms with Gasteiger partial charge in [-0.3, -0.25) is 4.79 Å². The van der Waals surface area contributed by atoms with Gasteiger partial charge in [-0.1, -0.05) is 6.07 Å². The molecule has 1 N–H and O–H groups in total. The number of carboxylic acids is 1. The van der Waals surface area contributed by atoms with Crippen molar-refractivity contribution in [3.63, 3.8) is 0 Å². The van der Waals surface area contributed by atoms with Crippen LogP contribution in [0.3, 0.4) is 0 Å². The van der Waals surface area contributed by atoms with Crippen LogP contribution in [0.15, 0.2) is 36.4 Å². The number of ether oxygens (including phenoxy) is 2.